The van der Waals surface area contributed by atoms with E-state index in [0.29, 0.717) is 35.3 Å². The van der Waals surface area contributed by atoms with Crippen LogP contribution in [0.5, 0.6) is 0 Å². The highest BCUT2D eigenvalue weighted by atomic mass is 16.2. The van der Waals surface area contributed by atoms with E-state index >= 15 is 0 Å². The van der Waals surface area contributed by atoms with Crippen LogP contribution in [0, 0.1) is 0 Å². The van der Waals surface area contributed by atoms with E-state index in [-0.39, 0.29) is 11.5 Å². The number of imidazole rings is 1. The summed E-state index contributed by atoms with van der Waals surface area (Å²) in [5, 5.41) is 3.32. The lowest BCUT2D eigenvalue weighted by Gasteiger charge is -2.08. The van der Waals surface area contributed by atoms with Gasteiger partial charge in [-0.15, -0.1) is 0 Å². The van der Waals surface area contributed by atoms with Crippen molar-refractivity contribution in [2.75, 3.05) is 6.54 Å². The van der Waals surface area contributed by atoms with Gasteiger partial charge < -0.3 is 9.72 Å². The molecule has 2 aromatic carbocycles. The first-order valence-electron chi connectivity index (χ1n) is 10.4. The molecule has 0 bridgehead atoms. The van der Waals surface area contributed by atoms with Crippen molar-refractivity contribution in [3.8, 4) is 11.1 Å². The zero-order chi connectivity index (χ0) is 22.1. The van der Waals surface area contributed by atoms with Crippen LogP contribution in [0.2, 0.25) is 0 Å². The molecule has 0 aliphatic carbocycles. The zero-order valence-corrected chi connectivity index (χ0v) is 17.5. The second kappa shape index (κ2) is 8.11. The smallest absolute Gasteiger partial charge is 0.271 e. The summed E-state index contributed by atoms with van der Waals surface area (Å²) in [6, 6.07) is 19.3. The summed E-state index contributed by atoms with van der Waals surface area (Å²) in [4.78, 5) is 34.1. The molecule has 3 heterocycles. The van der Waals surface area contributed by atoms with Gasteiger partial charge in [0.15, 0.2) is 0 Å². The van der Waals surface area contributed by atoms with Crippen LogP contribution < -0.4 is 10.9 Å². The minimum atomic E-state index is -0.200. The Morgan fingerprint density at radius 1 is 1.00 bits per heavy atom. The van der Waals surface area contributed by atoms with E-state index in [1.807, 2.05) is 78.2 Å². The van der Waals surface area contributed by atoms with Gasteiger partial charge in [-0.25, -0.2) is 9.97 Å². The zero-order valence-electron chi connectivity index (χ0n) is 17.5. The first kappa shape index (κ1) is 19.7. The third-order valence-corrected chi connectivity index (χ3v) is 5.37. The Balaban J connectivity index is 1.53. The highest BCUT2D eigenvalue weighted by Crippen LogP contribution is 2.23. The molecule has 7 heteroatoms. The Labute approximate surface area is 184 Å². The number of carbonyl (C=O) groups is 1. The summed E-state index contributed by atoms with van der Waals surface area (Å²) in [7, 11) is 0. The van der Waals surface area contributed by atoms with Crippen LogP contribution >= 0.6 is 0 Å². The Morgan fingerprint density at radius 3 is 2.62 bits per heavy atom. The number of benzene rings is 2. The number of nitrogens with zero attached hydrogens (tertiary/aromatic N) is 4. The molecule has 0 saturated carbocycles. The van der Waals surface area contributed by atoms with E-state index in [9.17, 15) is 9.59 Å². The van der Waals surface area contributed by atoms with Gasteiger partial charge in [0.1, 0.15) is 11.3 Å². The number of amides is 1. The number of fused-ring (bicyclic) bond motifs is 2. The van der Waals surface area contributed by atoms with Gasteiger partial charge in [0, 0.05) is 18.9 Å². The quantitative estimate of drug-likeness (QED) is 0.469. The Bertz CT molecular complexity index is 1500. The topological polar surface area (TPSA) is 81.3 Å². The van der Waals surface area contributed by atoms with Crippen molar-refractivity contribution >= 4 is 22.5 Å². The van der Waals surface area contributed by atoms with Crippen molar-refractivity contribution in [3.63, 3.8) is 0 Å². The van der Waals surface area contributed by atoms with Crippen molar-refractivity contribution in [3.05, 3.63) is 101 Å². The number of nitrogens with one attached hydrogen (secondary N) is 1. The van der Waals surface area contributed by atoms with Crippen molar-refractivity contribution in [2.45, 2.75) is 13.5 Å². The van der Waals surface area contributed by atoms with E-state index in [1.54, 1.807) is 17.1 Å². The van der Waals surface area contributed by atoms with E-state index in [2.05, 4.69) is 15.3 Å². The molecule has 0 radical (unpaired) electrons. The molecule has 0 unspecified atom stereocenters. The molecule has 5 aromatic rings. The maximum atomic E-state index is 13.1. The molecule has 32 heavy (non-hydrogen) atoms. The average molecular weight is 423 g/mol. The number of hydrogen-bond acceptors (Lipinski definition) is 4. The first-order chi connectivity index (χ1) is 15.6. The molecule has 0 spiro atoms. The monoisotopic (exact) mass is 423 g/mol. The molecule has 158 valence electrons. The van der Waals surface area contributed by atoms with Gasteiger partial charge in [0.25, 0.3) is 11.5 Å². The summed E-state index contributed by atoms with van der Waals surface area (Å²) in [5.74, 6) is -0.200. The van der Waals surface area contributed by atoms with Crippen LogP contribution in [0.4, 0.5) is 0 Å². The molecule has 0 aliphatic heterocycles. The molecule has 0 atom stereocenters. The fraction of sp³-hybridized carbons (Fsp3) is 0.120. The minimum absolute atomic E-state index is 0.0806. The molecule has 3 aromatic heterocycles. The predicted molar refractivity (Wildman–Crippen MR) is 124 cm³/mol. The minimum Gasteiger partial charge on any atom is -0.351 e. The lowest BCUT2D eigenvalue weighted by atomic mass is 10.1. The fourth-order valence-corrected chi connectivity index (χ4v) is 3.75. The second-order valence-electron chi connectivity index (χ2n) is 7.56. The largest absolute Gasteiger partial charge is 0.351 e. The normalized spacial score (nSPS) is 11.2. The van der Waals surface area contributed by atoms with Crippen LogP contribution in [-0.2, 0) is 6.54 Å². The molecule has 7 nitrogen and oxygen atoms in total. The van der Waals surface area contributed by atoms with Gasteiger partial charge in [0.05, 0.1) is 23.8 Å². The maximum Gasteiger partial charge on any atom is 0.271 e. The predicted octanol–water partition coefficient (Wildman–Crippen LogP) is 3.51. The summed E-state index contributed by atoms with van der Waals surface area (Å²) in [6.07, 6.45) is 5.21. The summed E-state index contributed by atoms with van der Waals surface area (Å²) < 4.78 is 3.44. The highest BCUT2D eigenvalue weighted by Gasteiger charge is 2.11. The lowest BCUT2D eigenvalue weighted by Crippen LogP contribution is -2.22. The highest BCUT2D eigenvalue weighted by molar-refractivity contribution is 5.93. The number of rotatable bonds is 5. The van der Waals surface area contributed by atoms with E-state index in [4.69, 9.17) is 0 Å². The summed E-state index contributed by atoms with van der Waals surface area (Å²) >= 11 is 0. The van der Waals surface area contributed by atoms with Crippen molar-refractivity contribution in [1.29, 1.82) is 0 Å². The van der Waals surface area contributed by atoms with Crippen LogP contribution in [-0.4, -0.2) is 31.4 Å². The molecule has 0 aliphatic rings. The van der Waals surface area contributed by atoms with Crippen molar-refractivity contribution in [2.24, 2.45) is 0 Å². The first-order valence-corrected chi connectivity index (χ1v) is 10.4. The van der Waals surface area contributed by atoms with Crippen molar-refractivity contribution < 1.29 is 4.79 Å². The van der Waals surface area contributed by atoms with Gasteiger partial charge in [-0.05, 0) is 47.9 Å². The molecule has 1 N–H and O–H groups in total. The maximum absolute atomic E-state index is 13.1. The number of aromatic nitrogens is 4. The standard InChI is InChI=1S/C25H21N5O2/c1-2-26-24(31)22-15-29-14-19(9-11-23(29)28-22)18-8-10-21-20(12-18)25(32)30(16-27-21)13-17-6-4-3-5-7-17/h3-12,14-16H,2,13H2,1H3,(H,26,31). The SMILES string of the molecule is CCNC(=O)c1cn2cc(-c3ccc4ncn(Cc5ccccc5)c(=O)c4c3)ccc2n1. The molecule has 0 saturated heterocycles. The van der Waals surface area contributed by atoms with Crippen molar-refractivity contribution in [1.82, 2.24) is 24.3 Å². The lowest BCUT2D eigenvalue weighted by molar-refractivity contribution is 0.0951. The third kappa shape index (κ3) is 3.65. The van der Waals surface area contributed by atoms with E-state index < -0.39 is 0 Å². The summed E-state index contributed by atoms with van der Waals surface area (Å²) in [6.45, 7) is 2.88. The molecular weight excluding hydrogens is 402 g/mol. The van der Waals surface area contributed by atoms with Gasteiger partial charge in [-0.3, -0.25) is 14.2 Å². The third-order valence-electron chi connectivity index (χ3n) is 5.37. The molecule has 0 fully saturated rings. The van der Waals surface area contributed by atoms with Gasteiger partial charge >= 0.3 is 0 Å². The molecule has 5 rings (SSSR count). The van der Waals surface area contributed by atoms with E-state index in [0.717, 1.165) is 16.7 Å². The Morgan fingerprint density at radius 2 is 1.81 bits per heavy atom. The van der Waals surface area contributed by atoms with Gasteiger partial charge in [-0.2, -0.15) is 0 Å². The number of pyridine rings is 1. The fourth-order valence-electron chi connectivity index (χ4n) is 3.75. The van der Waals surface area contributed by atoms with Crippen LogP contribution in [0.15, 0.2) is 84.2 Å². The average Bonchev–Trinajstić information content (AvgIpc) is 3.25. The Kier molecular flexibility index (Phi) is 4.99. The molecule has 1 amide bonds. The summed E-state index contributed by atoms with van der Waals surface area (Å²) in [5.41, 5.74) is 4.48. The number of carbonyl (C=O) groups excluding carboxylic acids is 1. The van der Waals surface area contributed by atoms with Gasteiger partial charge in [-0.1, -0.05) is 36.4 Å². The Hall–Kier alpha value is -4.26. The van der Waals surface area contributed by atoms with Crippen LogP contribution in [0.1, 0.15) is 23.0 Å². The number of hydrogen-bond donors (Lipinski definition) is 1. The molecular formula is C25H21N5O2. The second-order valence-corrected chi connectivity index (χ2v) is 7.56. The van der Waals surface area contributed by atoms with Crippen LogP contribution in [0.25, 0.3) is 27.7 Å². The van der Waals surface area contributed by atoms with Crippen LogP contribution in [0.3, 0.4) is 0 Å². The van der Waals surface area contributed by atoms with E-state index in [1.165, 1.54) is 0 Å². The van der Waals surface area contributed by atoms with Gasteiger partial charge in [0.2, 0.25) is 0 Å².